The number of unbranched alkanes of at least 4 members (excludes halogenated alkanes) is 1. The summed E-state index contributed by atoms with van der Waals surface area (Å²) < 4.78 is 10.0. The molecule has 0 radical (unpaired) electrons. The monoisotopic (exact) mass is 225 g/mol. The number of hydrogen-bond donors (Lipinski definition) is 1. The van der Waals surface area contributed by atoms with Crippen molar-refractivity contribution in [3.05, 3.63) is 23.8 Å². The highest BCUT2D eigenvalue weighted by molar-refractivity contribution is 5.47. The number of rotatable bonds is 4. The summed E-state index contributed by atoms with van der Waals surface area (Å²) in [6.07, 6.45) is 2.64. The zero-order chi connectivity index (χ0) is 12.4. The molecule has 1 aromatic carbocycles. The van der Waals surface area contributed by atoms with Crippen LogP contribution in [0.4, 0.5) is 5.69 Å². The number of benzene rings is 1. The number of ether oxygens (including phenoxy) is 2. The Bertz CT molecular complexity index is 285. The molecule has 3 heteroatoms. The van der Waals surface area contributed by atoms with Gasteiger partial charge < -0.3 is 15.2 Å². The van der Waals surface area contributed by atoms with Gasteiger partial charge in [-0.2, -0.15) is 0 Å². The third-order valence-electron chi connectivity index (χ3n) is 2.04. The van der Waals surface area contributed by atoms with Gasteiger partial charge in [-0.25, -0.2) is 0 Å². The van der Waals surface area contributed by atoms with Crippen LogP contribution < -0.4 is 10.5 Å². The summed E-state index contributed by atoms with van der Waals surface area (Å²) in [5, 5.41) is 0. The average Bonchev–Trinajstić information content (AvgIpc) is 2.29. The minimum Gasteiger partial charge on any atom is -0.497 e. The van der Waals surface area contributed by atoms with Crippen LogP contribution in [0.2, 0.25) is 0 Å². The predicted molar refractivity (Wildman–Crippen MR) is 68.7 cm³/mol. The van der Waals surface area contributed by atoms with Gasteiger partial charge in [-0.05, 0) is 17.7 Å². The normalized spacial score (nSPS) is 9.25. The lowest BCUT2D eigenvalue weighted by atomic mass is 10.2. The van der Waals surface area contributed by atoms with Crippen LogP contribution >= 0.6 is 0 Å². The van der Waals surface area contributed by atoms with Crippen molar-refractivity contribution >= 4 is 5.69 Å². The Morgan fingerprint density at radius 2 is 1.69 bits per heavy atom. The molecular weight excluding hydrogens is 202 g/mol. The van der Waals surface area contributed by atoms with Gasteiger partial charge in [-0.15, -0.1) is 0 Å². The molecule has 3 nitrogen and oxygen atoms in total. The van der Waals surface area contributed by atoms with Crippen LogP contribution in [0.3, 0.4) is 0 Å². The van der Waals surface area contributed by atoms with Gasteiger partial charge in [-0.3, -0.25) is 0 Å². The van der Waals surface area contributed by atoms with E-state index in [4.69, 9.17) is 15.2 Å². The van der Waals surface area contributed by atoms with Crippen molar-refractivity contribution in [3.8, 4) is 5.75 Å². The fourth-order valence-corrected chi connectivity index (χ4v) is 1.05. The largest absolute Gasteiger partial charge is 0.497 e. The molecule has 0 spiro atoms. The minimum absolute atomic E-state index is 0.557. The quantitative estimate of drug-likeness (QED) is 0.800. The first-order chi connectivity index (χ1) is 7.67. The summed E-state index contributed by atoms with van der Waals surface area (Å²) in [6, 6.07) is 5.55. The van der Waals surface area contributed by atoms with E-state index < -0.39 is 0 Å². The minimum atomic E-state index is 0.557. The summed E-state index contributed by atoms with van der Waals surface area (Å²) in [5.74, 6) is 0.766. The topological polar surface area (TPSA) is 44.5 Å². The summed E-state index contributed by atoms with van der Waals surface area (Å²) in [4.78, 5) is 0. The van der Waals surface area contributed by atoms with Crippen molar-refractivity contribution in [2.24, 2.45) is 0 Å². The summed E-state index contributed by atoms with van der Waals surface area (Å²) in [7, 11) is 3.26. The molecule has 0 saturated heterocycles. The molecular formula is C13H23NO2. The van der Waals surface area contributed by atoms with Crippen LogP contribution in [0.15, 0.2) is 18.2 Å². The molecule has 0 fully saturated rings. The third kappa shape index (κ3) is 6.30. The van der Waals surface area contributed by atoms with Crippen molar-refractivity contribution in [2.75, 3.05) is 20.0 Å². The molecule has 0 aromatic heterocycles. The molecule has 0 aliphatic carbocycles. The van der Waals surface area contributed by atoms with E-state index in [1.807, 2.05) is 12.1 Å². The van der Waals surface area contributed by atoms with E-state index in [-0.39, 0.29) is 0 Å². The Hall–Kier alpha value is -1.22. The van der Waals surface area contributed by atoms with Crippen molar-refractivity contribution < 1.29 is 9.47 Å². The van der Waals surface area contributed by atoms with Gasteiger partial charge in [0.25, 0.3) is 0 Å². The molecule has 0 aliphatic heterocycles. The molecule has 1 aromatic rings. The number of hydrogen-bond acceptors (Lipinski definition) is 3. The highest BCUT2D eigenvalue weighted by Crippen LogP contribution is 2.18. The lowest BCUT2D eigenvalue weighted by Crippen LogP contribution is -1.93. The Kier molecular flexibility index (Phi) is 8.35. The second-order valence-corrected chi connectivity index (χ2v) is 3.55. The van der Waals surface area contributed by atoms with E-state index >= 15 is 0 Å². The Balaban J connectivity index is 0.000000487. The van der Waals surface area contributed by atoms with Gasteiger partial charge in [0.1, 0.15) is 5.75 Å². The van der Waals surface area contributed by atoms with Crippen LogP contribution in [0.25, 0.3) is 0 Å². The number of nitrogen functional groups attached to an aromatic ring is 1. The first-order valence-electron chi connectivity index (χ1n) is 5.60. The van der Waals surface area contributed by atoms with Gasteiger partial charge >= 0.3 is 0 Å². The highest BCUT2D eigenvalue weighted by Gasteiger charge is 1.97. The van der Waals surface area contributed by atoms with Gasteiger partial charge in [0, 0.05) is 18.9 Å². The molecule has 16 heavy (non-hydrogen) atoms. The molecule has 0 atom stereocenters. The standard InChI is InChI=1S/C9H13NO2.C4H10/c1-11-6-7-3-8(10)5-9(4-7)12-2;1-3-4-2/h3-5H,6,10H2,1-2H3;3-4H2,1-2H3. The van der Waals surface area contributed by atoms with Gasteiger partial charge in [0.05, 0.1) is 13.7 Å². The molecule has 0 saturated carbocycles. The van der Waals surface area contributed by atoms with Gasteiger partial charge in [0.15, 0.2) is 0 Å². The first kappa shape index (κ1) is 14.8. The van der Waals surface area contributed by atoms with E-state index in [9.17, 15) is 0 Å². The van der Waals surface area contributed by atoms with Crippen LogP contribution in [-0.2, 0) is 11.3 Å². The maximum absolute atomic E-state index is 5.63. The molecule has 1 rings (SSSR count). The van der Waals surface area contributed by atoms with Crippen LogP contribution in [0, 0.1) is 0 Å². The molecule has 0 bridgehead atoms. The molecule has 0 aliphatic rings. The van der Waals surface area contributed by atoms with Gasteiger partial charge in [0.2, 0.25) is 0 Å². The smallest absolute Gasteiger partial charge is 0.121 e. The Labute approximate surface area is 98.6 Å². The predicted octanol–water partition coefficient (Wildman–Crippen LogP) is 3.23. The first-order valence-corrected chi connectivity index (χ1v) is 5.60. The maximum atomic E-state index is 5.63. The van der Waals surface area contributed by atoms with E-state index in [1.54, 1.807) is 20.3 Å². The van der Waals surface area contributed by atoms with Crippen molar-refractivity contribution in [2.45, 2.75) is 33.3 Å². The second-order valence-electron chi connectivity index (χ2n) is 3.55. The number of nitrogens with two attached hydrogens (primary N) is 1. The van der Waals surface area contributed by atoms with Crippen LogP contribution in [0.5, 0.6) is 5.75 Å². The number of methoxy groups -OCH3 is 2. The second kappa shape index (κ2) is 9.04. The fourth-order valence-electron chi connectivity index (χ4n) is 1.05. The molecule has 0 heterocycles. The summed E-state index contributed by atoms with van der Waals surface area (Å²) in [5.41, 5.74) is 7.35. The maximum Gasteiger partial charge on any atom is 0.121 e. The lowest BCUT2D eigenvalue weighted by Gasteiger charge is -2.05. The van der Waals surface area contributed by atoms with E-state index in [1.165, 1.54) is 12.8 Å². The average molecular weight is 225 g/mol. The fraction of sp³-hybridized carbons (Fsp3) is 0.538. The highest BCUT2D eigenvalue weighted by atomic mass is 16.5. The Morgan fingerprint density at radius 1 is 1.06 bits per heavy atom. The number of anilines is 1. The van der Waals surface area contributed by atoms with E-state index in [0.29, 0.717) is 12.3 Å². The SMILES string of the molecule is CCCC.COCc1cc(N)cc(OC)c1. The lowest BCUT2D eigenvalue weighted by molar-refractivity contribution is 0.184. The van der Waals surface area contributed by atoms with Crippen molar-refractivity contribution in [3.63, 3.8) is 0 Å². The molecule has 0 amide bonds. The third-order valence-corrected chi connectivity index (χ3v) is 2.04. The van der Waals surface area contributed by atoms with Crippen LogP contribution in [-0.4, -0.2) is 14.2 Å². The van der Waals surface area contributed by atoms with Crippen LogP contribution in [0.1, 0.15) is 32.3 Å². The molecule has 92 valence electrons. The van der Waals surface area contributed by atoms with E-state index in [0.717, 1.165) is 11.3 Å². The van der Waals surface area contributed by atoms with Gasteiger partial charge in [-0.1, -0.05) is 26.7 Å². The summed E-state index contributed by atoms with van der Waals surface area (Å²) in [6.45, 7) is 4.92. The molecule has 0 unspecified atom stereocenters. The van der Waals surface area contributed by atoms with Crippen molar-refractivity contribution in [1.29, 1.82) is 0 Å². The molecule has 2 N–H and O–H groups in total. The Morgan fingerprint density at radius 3 is 2.12 bits per heavy atom. The summed E-state index contributed by atoms with van der Waals surface area (Å²) >= 11 is 0. The van der Waals surface area contributed by atoms with E-state index in [2.05, 4.69) is 13.8 Å². The van der Waals surface area contributed by atoms with Crippen molar-refractivity contribution in [1.82, 2.24) is 0 Å². The zero-order valence-electron chi connectivity index (χ0n) is 10.7. The zero-order valence-corrected chi connectivity index (χ0v) is 10.7.